The van der Waals surface area contributed by atoms with Crippen molar-refractivity contribution in [3.05, 3.63) is 273 Å². The van der Waals surface area contributed by atoms with Gasteiger partial charge in [0.1, 0.15) is 34.3 Å². The molecule has 3 aliphatic heterocycles. The molecule has 0 saturated heterocycles. The number of aromatic hydroxyl groups is 1. The number of hydrogen-bond acceptors (Lipinski definition) is 26. The van der Waals surface area contributed by atoms with Gasteiger partial charge in [-0.05, 0) is 124 Å². The van der Waals surface area contributed by atoms with Crippen LogP contribution in [0.4, 0.5) is 11.4 Å². The Kier molecular flexibility index (Phi) is 31.4. The standard InChI is InChI=1S/2C24H27N7O3.C23H16O5.C20H12O5.C4H6O3/c2*1-16-9-11-18(12-10-16)23-28-30-24(31-29-23)19-5-3-6-20(15-19)27-22(34)8-4-7-21(33)26-14-13-25-17(2)32;1-13-7-9-18-20(11-13)27-21-12-15(26-14(2)24)8-10-19(21)23(18)17-6-4-3-5-16(17)22(25)28-23;21-11-5-7-15-17(9-11)25-18-10-12(22)6-8-16(18)19(15)13-3-1-2-4-14(13)20(23)24;1-3(5)7-4(2)6/h2*3,5-6,9-12,15H,4,7-8,13-14H2,1-2H3,(H,25,32)(H,26,33)(H,27,34);3-12H,1-2H3;1-10,21H,(H,23,24);1-2H3. The Labute approximate surface area is 732 Å². The number of fused-ring (bicyclic) bond motifs is 8. The summed E-state index contributed by atoms with van der Waals surface area (Å²) in [5.74, 6) is -0.578. The van der Waals surface area contributed by atoms with Gasteiger partial charge < -0.3 is 65.5 Å². The quantitative estimate of drug-likeness (QED) is 0.00969. The van der Waals surface area contributed by atoms with Crippen LogP contribution < -0.4 is 46.8 Å². The molecule has 128 heavy (non-hydrogen) atoms. The van der Waals surface area contributed by atoms with E-state index in [4.69, 9.17) is 18.6 Å². The summed E-state index contributed by atoms with van der Waals surface area (Å²) in [4.78, 5) is 137. The first-order chi connectivity index (χ1) is 61.5. The number of esters is 4. The summed E-state index contributed by atoms with van der Waals surface area (Å²) in [6.45, 7) is 14.0. The van der Waals surface area contributed by atoms with Crippen molar-refractivity contribution in [2.75, 3.05) is 36.8 Å². The highest BCUT2D eigenvalue weighted by atomic mass is 16.6. The molecule has 1 spiro atoms. The summed E-state index contributed by atoms with van der Waals surface area (Å²) < 4.78 is 27.1. The van der Waals surface area contributed by atoms with E-state index in [1.165, 1.54) is 65.0 Å². The molecule has 15 rings (SSSR count). The second kappa shape index (κ2) is 43.5. The van der Waals surface area contributed by atoms with Gasteiger partial charge in [-0.2, -0.15) is 0 Å². The molecule has 0 bridgehead atoms. The summed E-state index contributed by atoms with van der Waals surface area (Å²) >= 11 is 0. The Morgan fingerprint density at radius 2 is 0.883 bits per heavy atom. The third-order valence-corrected chi connectivity index (χ3v) is 19.1. The van der Waals surface area contributed by atoms with Crippen LogP contribution >= 0.6 is 0 Å². The Bertz CT molecular complexity index is 6140. The van der Waals surface area contributed by atoms with E-state index < -0.39 is 29.5 Å². The minimum absolute atomic E-state index is 0.0198. The number of nitrogens with one attached hydrogen (secondary N) is 6. The Balaban J connectivity index is 0.000000162. The number of benzene rings is 10. The van der Waals surface area contributed by atoms with Gasteiger partial charge >= 0.3 is 29.8 Å². The first-order valence-electron chi connectivity index (χ1n) is 40.2. The van der Waals surface area contributed by atoms with Crippen molar-refractivity contribution in [1.29, 1.82) is 0 Å². The van der Waals surface area contributed by atoms with Crippen molar-refractivity contribution in [1.82, 2.24) is 62.1 Å². The summed E-state index contributed by atoms with van der Waals surface area (Å²) in [7, 11) is 0. The van der Waals surface area contributed by atoms with Crippen LogP contribution in [0.2, 0.25) is 0 Å². The number of ether oxygens (including phenoxy) is 4. The number of carbonyl (C=O) groups excluding carboxylic acids is 10. The van der Waals surface area contributed by atoms with Crippen LogP contribution in [-0.2, 0) is 58.2 Å². The normalized spacial score (nSPS) is 12.2. The maximum atomic E-state index is 12.7. The maximum absolute atomic E-state index is 12.7. The zero-order valence-electron chi connectivity index (χ0n) is 70.8. The number of aryl methyl sites for hydroxylation is 3. The third-order valence-electron chi connectivity index (χ3n) is 19.1. The van der Waals surface area contributed by atoms with E-state index in [0.29, 0.717) is 147 Å². The van der Waals surface area contributed by atoms with Crippen molar-refractivity contribution in [3.8, 4) is 91.0 Å². The molecule has 4 aliphatic rings. The molecule has 2 aromatic heterocycles. The molecule has 33 heteroatoms. The van der Waals surface area contributed by atoms with E-state index in [0.717, 1.165) is 38.9 Å². The molecule has 0 saturated carbocycles. The molecule has 5 heterocycles. The van der Waals surface area contributed by atoms with Crippen molar-refractivity contribution in [2.24, 2.45) is 0 Å². The number of amides is 6. The Hall–Kier alpha value is -16.5. The average molecular weight is 1730 g/mol. The average Bonchev–Trinajstić information content (AvgIpc) is 1.53. The second-order valence-electron chi connectivity index (χ2n) is 29.2. The number of carboxylic acid groups (broad SMARTS) is 1. The first-order valence-corrected chi connectivity index (χ1v) is 40.2. The molecule has 1 unspecified atom stereocenters. The SMILES string of the molecule is CC(=O)NCCNC(=O)CCCC(=O)Nc1cccc(-c2nnc(-c3ccc(C)cc3)nn2)c1.CC(=O)NCCNC(=O)CCCC(=O)Nc1cccc(-c2nnc(-c3ccc(C)cc3)nn2)c1.CC(=O)OC(C)=O.CC(=O)Oc1ccc2c(c1)Oc1cc(C)ccc1C21OC(=O)c2ccccc21.O=C(O)c1ccccc1-c1c2ccc(=O)cc-2oc2cc(O)ccc12. The van der Waals surface area contributed by atoms with E-state index in [-0.39, 0.29) is 83.8 Å². The van der Waals surface area contributed by atoms with Gasteiger partial charge in [0.25, 0.3) is 0 Å². The number of rotatable bonds is 23. The van der Waals surface area contributed by atoms with E-state index in [1.54, 1.807) is 91.0 Å². The monoisotopic (exact) mass is 1730 g/mol. The minimum atomic E-state index is -1.10. The van der Waals surface area contributed by atoms with Crippen molar-refractivity contribution in [2.45, 2.75) is 99.5 Å². The summed E-state index contributed by atoms with van der Waals surface area (Å²) in [6.07, 6.45) is 1.68. The highest BCUT2D eigenvalue weighted by molar-refractivity contribution is 6.08. The van der Waals surface area contributed by atoms with E-state index in [2.05, 4.69) is 77.4 Å². The first kappa shape index (κ1) is 92.2. The molecule has 33 nitrogen and oxygen atoms in total. The fourth-order valence-corrected chi connectivity index (χ4v) is 13.4. The van der Waals surface area contributed by atoms with Crippen LogP contribution in [0.5, 0.6) is 23.0 Å². The summed E-state index contributed by atoms with van der Waals surface area (Å²) in [5.41, 5.74) is 11.3. The fourth-order valence-electron chi connectivity index (χ4n) is 13.4. The Morgan fingerprint density at radius 1 is 0.414 bits per heavy atom. The third kappa shape index (κ3) is 25.1. The molecular formula is C95H88N14O19. The van der Waals surface area contributed by atoms with Crippen molar-refractivity contribution in [3.63, 3.8) is 0 Å². The molecule has 0 fully saturated rings. The molecule has 1 aliphatic carbocycles. The summed E-state index contributed by atoms with van der Waals surface area (Å²) in [6, 6.07) is 63.7. The number of phenols is 1. The number of nitrogens with zero attached hydrogens (tertiary/aromatic N) is 8. The second-order valence-corrected chi connectivity index (χ2v) is 29.2. The van der Waals surface area contributed by atoms with Gasteiger partial charge in [0, 0.05) is 172 Å². The Morgan fingerprint density at radius 3 is 1.38 bits per heavy atom. The van der Waals surface area contributed by atoms with E-state index >= 15 is 0 Å². The van der Waals surface area contributed by atoms with Gasteiger partial charge in [-0.15, -0.1) is 40.8 Å². The van der Waals surface area contributed by atoms with Crippen molar-refractivity contribution >= 4 is 87.6 Å². The summed E-state index contributed by atoms with van der Waals surface area (Å²) in [5, 5.41) is 69.5. The molecule has 0 radical (unpaired) electrons. The molecule has 9 aromatic carbocycles. The van der Waals surface area contributed by atoms with Crippen LogP contribution in [0.15, 0.2) is 228 Å². The molecule has 11 aromatic rings. The molecule has 1 atom stereocenters. The lowest BCUT2D eigenvalue weighted by Crippen LogP contribution is -2.33. The largest absolute Gasteiger partial charge is 0.508 e. The van der Waals surface area contributed by atoms with Gasteiger partial charge in [0.05, 0.1) is 11.1 Å². The highest BCUT2D eigenvalue weighted by Gasteiger charge is 2.53. The fraction of sp³-hybridized carbons (Fsp3) is 0.200. The predicted molar refractivity (Wildman–Crippen MR) is 471 cm³/mol. The minimum Gasteiger partial charge on any atom is -0.508 e. The predicted octanol–water partition coefficient (Wildman–Crippen LogP) is 13.1. The lowest BCUT2D eigenvalue weighted by Gasteiger charge is -2.36. The van der Waals surface area contributed by atoms with Crippen LogP contribution in [0, 0.1) is 20.8 Å². The van der Waals surface area contributed by atoms with Gasteiger partial charge in [-0.25, -0.2) is 9.59 Å². The number of carboxylic acids is 1. The molecule has 6 amide bonds. The zero-order chi connectivity index (χ0) is 91.6. The van der Waals surface area contributed by atoms with Crippen LogP contribution in [0.25, 0.3) is 79.0 Å². The van der Waals surface area contributed by atoms with Gasteiger partial charge in [-0.3, -0.25) is 47.9 Å². The molecular weight excluding hydrogens is 1640 g/mol. The van der Waals surface area contributed by atoms with E-state index in [1.807, 2.05) is 118 Å². The maximum Gasteiger partial charge on any atom is 0.340 e. The lowest BCUT2D eigenvalue weighted by molar-refractivity contribution is -0.156. The zero-order valence-corrected chi connectivity index (χ0v) is 70.8. The number of anilines is 2. The number of hydrogen-bond donors (Lipinski definition) is 8. The topological polar surface area (TPSA) is 471 Å². The van der Waals surface area contributed by atoms with Crippen LogP contribution in [-0.4, -0.2) is 142 Å². The number of phenolic OH excluding ortho intramolecular Hbond substituents is 1. The number of carbonyl (C=O) groups is 11. The number of aromatic carboxylic acids is 1. The van der Waals surface area contributed by atoms with Gasteiger partial charge in [-0.1, -0.05) is 132 Å². The van der Waals surface area contributed by atoms with Crippen molar-refractivity contribution < 1.29 is 86.3 Å². The molecule has 652 valence electrons. The van der Waals surface area contributed by atoms with Gasteiger partial charge in [0.15, 0.2) is 11.0 Å². The smallest absolute Gasteiger partial charge is 0.340 e. The highest BCUT2D eigenvalue weighted by Crippen LogP contribution is 2.57. The van der Waals surface area contributed by atoms with Crippen LogP contribution in [0.1, 0.15) is 127 Å². The van der Waals surface area contributed by atoms with Crippen LogP contribution in [0.3, 0.4) is 0 Å². The van der Waals surface area contributed by atoms with Gasteiger partial charge in [0.2, 0.25) is 58.7 Å². The van der Waals surface area contributed by atoms with E-state index in [9.17, 15) is 67.7 Å². The number of aromatic nitrogens is 8. The molecule has 8 N–H and O–H groups in total. The lowest BCUT2D eigenvalue weighted by atomic mass is 9.77.